The molecule has 4 heteroatoms. The Balaban J connectivity index is 2.39. The second-order valence-corrected chi connectivity index (χ2v) is 6.92. The summed E-state index contributed by atoms with van der Waals surface area (Å²) in [6.45, 7) is 9.24. The Morgan fingerprint density at radius 2 is 1.76 bits per heavy atom. The van der Waals surface area contributed by atoms with Crippen LogP contribution in [0.2, 0.25) is 0 Å². The van der Waals surface area contributed by atoms with Crippen molar-refractivity contribution in [1.29, 1.82) is 0 Å². The molecule has 118 valence electrons. The van der Waals surface area contributed by atoms with Crippen molar-refractivity contribution in [2.45, 2.75) is 52.5 Å². The molecular weight excluding hydrogens is 262 g/mol. The van der Waals surface area contributed by atoms with E-state index in [1.807, 2.05) is 19.9 Å². The first-order chi connectivity index (χ1) is 9.77. The number of benzene rings is 1. The summed E-state index contributed by atoms with van der Waals surface area (Å²) >= 11 is 0. The lowest BCUT2D eigenvalue weighted by Crippen LogP contribution is -2.43. The van der Waals surface area contributed by atoms with Crippen molar-refractivity contribution in [3.63, 3.8) is 0 Å². The number of nitrogens with one attached hydrogen (secondary N) is 1. The topological polar surface area (TPSA) is 70.6 Å². The molecule has 0 heterocycles. The molecule has 21 heavy (non-hydrogen) atoms. The van der Waals surface area contributed by atoms with Crippen LogP contribution in [-0.4, -0.2) is 23.1 Å². The van der Waals surface area contributed by atoms with Gasteiger partial charge in [-0.3, -0.25) is 0 Å². The first kappa shape index (κ1) is 17.5. The standard InChI is InChI=1S/C17H29N3O/c1-16(2,15(18)20-21)12-13-19-17(3,4)11-10-14-8-6-5-7-9-14/h5-9,19,21H,10-13H2,1-4H3,(H2,18,20). The van der Waals surface area contributed by atoms with Crippen LogP contribution in [-0.2, 0) is 6.42 Å². The van der Waals surface area contributed by atoms with Crippen molar-refractivity contribution < 1.29 is 5.21 Å². The van der Waals surface area contributed by atoms with Crippen LogP contribution < -0.4 is 11.1 Å². The van der Waals surface area contributed by atoms with E-state index in [0.717, 1.165) is 25.8 Å². The highest BCUT2D eigenvalue weighted by Gasteiger charge is 2.24. The van der Waals surface area contributed by atoms with Gasteiger partial charge in [-0.15, -0.1) is 0 Å². The van der Waals surface area contributed by atoms with Crippen LogP contribution in [0.15, 0.2) is 35.5 Å². The third-order valence-corrected chi connectivity index (χ3v) is 4.04. The molecule has 0 saturated carbocycles. The summed E-state index contributed by atoms with van der Waals surface area (Å²) in [4.78, 5) is 0. The van der Waals surface area contributed by atoms with Crippen LogP contribution in [0.4, 0.5) is 0 Å². The minimum Gasteiger partial charge on any atom is -0.409 e. The molecular formula is C17H29N3O. The normalized spacial score (nSPS) is 13.4. The van der Waals surface area contributed by atoms with Crippen molar-refractivity contribution in [3.8, 4) is 0 Å². The van der Waals surface area contributed by atoms with Gasteiger partial charge in [0.1, 0.15) is 5.84 Å². The van der Waals surface area contributed by atoms with Gasteiger partial charge in [0.05, 0.1) is 0 Å². The maximum atomic E-state index is 8.78. The van der Waals surface area contributed by atoms with Gasteiger partial charge in [-0.25, -0.2) is 0 Å². The lowest BCUT2D eigenvalue weighted by molar-refractivity contribution is 0.299. The number of hydrogen-bond acceptors (Lipinski definition) is 3. The lowest BCUT2D eigenvalue weighted by Gasteiger charge is -2.29. The zero-order valence-corrected chi connectivity index (χ0v) is 13.7. The van der Waals surface area contributed by atoms with Crippen LogP contribution in [0.25, 0.3) is 0 Å². The summed E-state index contributed by atoms with van der Waals surface area (Å²) in [6, 6.07) is 10.5. The summed E-state index contributed by atoms with van der Waals surface area (Å²) in [5, 5.41) is 15.5. The van der Waals surface area contributed by atoms with Gasteiger partial charge in [0.2, 0.25) is 0 Å². The average molecular weight is 291 g/mol. The third kappa shape index (κ3) is 6.17. The molecule has 0 saturated heterocycles. The minimum absolute atomic E-state index is 0.0665. The maximum Gasteiger partial charge on any atom is 0.144 e. The smallest absolute Gasteiger partial charge is 0.144 e. The van der Waals surface area contributed by atoms with Crippen LogP contribution >= 0.6 is 0 Å². The van der Waals surface area contributed by atoms with Crippen LogP contribution in [0.5, 0.6) is 0 Å². The van der Waals surface area contributed by atoms with E-state index in [0.29, 0.717) is 0 Å². The van der Waals surface area contributed by atoms with E-state index in [1.165, 1.54) is 5.56 Å². The third-order valence-electron chi connectivity index (χ3n) is 4.04. The largest absolute Gasteiger partial charge is 0.409 e. The maximum absolute atomic E-state index is 8.78. The van der Waals surface area contributed by atoms with E-state index in [9.17, 15) is 0 Å². The molecule has 0 aliphatic heterocycles. The Kier molecular flexibility index (Phi) is 6.21. The quantitative estimate of drug-likeness (QED) is 0.298. The van der Waals surface area contributed by atoms with Crippen molar-refractivity contribution >= 4 is 5.84 Å². The molecule has 0 aromatic heterocycles. The lowest BCUT2D eigenvalue weighted by atomic mass is 9.87. The van der Waals surface area contributed by atoms with E-state index in [-0.39, 0.29) is 16.8 Å². The van der Waals surface area contributed by atoms with Gasteiger partial charge in [0, 0.05) is 11.0 Å². The molecule has 0 aliphatic rings. The van der Waals surface area contributed by atoms with Gasteiger partial charge >= 0.3 is 0 Å². The summed E-state index contributed by atoms with van der Waals surface area (Å²) in [5.41, 5.74) is 6.84. The molecule has 0 unspecified atom stereocenters. The molecule has 1 aromatic carbocycles. The molecule has 1 rings (SSSR count). The monoisotopic (exact) mass is 291 g/mol. The molecule has 0 spiro atoms. The second kappa shape index (κ2) is 7.46. The van der Waals surface area contributed by atoms with Crippen molar-refractivity contribution in [2.24, 2.45) is 16.3 Å². The summed E-state index contributed by atoms with van der Waals surface area (Å²) in [7, 11) is 0. The van der Waals surface area contributed by atoms with E-state index in [2.05, 4.69) is 48.6 Å². The SMILES string of the molecule is CC(C)(CCc1ccccc1)NCCC(C)(C)/C(N)=N/O. The Labute approximate surface area is 128 Å². The molecule has 0 aliphatic carbocycles. The van der Waals surface area contributed by atoms with E-state index >= 15 is 0 Å². The molecule has 0 fully saturated rings. The van der Waals surface area contributed by atoms with Gasteiger partial charge in [-0.2, -0.15) is 0 Å². The molecule has 4 N–H and O–H groups in total. The first-order valence-electron chi connectivity index (χ1n) is 7.54. The molecule has 1 aromatic rings. The number of rotatable bonds is 8. The predicted octanol–water partition coefficient (Wildman–Crippen LogP) is 3.15. The van der Waals surface area contributed by atoms with Gasteiger partial charge in [0.15, 0.2) is 0 Å². The van der Waals surface area contributed by atoms with Crippen LogP contribution in [0.1, 0.15) is 46.1 Å². The number of hydrogen-bond donors (Lipinski definition) is 3. The number of nitrogens with zero attached hydrogens (tertiary/aromatic N) is 1. The molecule has 0 bridgehead atoms. The van der Waals surface area contributed by atoms with E-state index < -0.39 is 0 Å². The predicted molar refractivity (Wildman–Crippen MR) is 88.7 cm³/mol. The van der Waals surface area contributed by atoms with E-state index in [1.54, 1.807) is 0 Å². The Hall–Kier alpha value is -1.55. The summed E-state index contributed by atoms with van der Waals surface area (Å²) in [5.74, 6) is 0.284. The van der Waals surface area contributed by atoms with Gasteiger partial charge in [-0.05, 0) is 45.2 Å². The van der Waals surface area contributed by atoms with Gasteiger partial charge in [-0.1, -0.05) is 49.3 Å². The summed E-state index contributed by atoms with van der Waals surface area (Å²) < 4.78 is 0. The fraction of sp³-hybridized carbons (Fsp3) is 0.588. The Morgan fingerprint density at radius 3 is 2.33 bits per heavy atom. The highest BCUT2D eigenvalue weighted by Crippen LogP contribution is 2.21. The summed E-state index contributed by atoms with van der Waals surface area (Å²) in [6.07, 6.45) is 2.96. The average Bonchev–Trinajstić information content (AvgIpc) is 2.45. The number of oxime groups is 1. The zero-order chi connectivity index (χ0) is 15.9. The zero-order valence-electron chi connectivity index (χ0n) is 13.7. The van der Waals surface area contributed by atoms with Crippen molar-refractivity contribution in [3.05, 3.63) is 35.9 Å². The highest BCUT2D eigenvalue weighted by atomic mass is 16.4. The molecule has 0 amide bonds. The second-order valence-electron chi connectivity index (χ2n) is 6.92. The number of amidine groups is 1. The molecule has 0 atom stereocenters. The molecule has 0 radical (unpaired) electrons. The van der Waals surface area contributed by atoms with Crippen LogP contribution in [0.3, 0.4) is 0 Å². The van der Waals surface area contributed by atoms with Crippen molar-refractivity contribution in [2.75, 3.05) is 6.54 Å². The van der Waals surface area contributed by atoms with E-state index in [4.69, 9.17) is 10.9 Å². The Morgan fingerprint density at radius 1 is 1.14 bits per heavy atom. The fourth-order valence-corrected chi connectivity index (χ4v) is 2.17. The highest BCUT2D eigenvalue weighted by molar-refractivity contribution is 5.85. The Bertz CT molecular complexity index is 452. The van der Waals surface area contributed by atoms with Crippen LogP contribution in [0, 0.1) is 5.41 Å². The minimum atomic E-state index is -0.294. The fourth-order valence-electron chi connectivity index (χ4n) is 2.17. The number of aryl methyl sites for hydroxylation is 1. The number of nitrogens with two attached hydrogens (primary N) is 1. The first-order valence-corrected chi connectivity index (χ1v) is 7.54. The molecule has 4 nitrogen and oxygen atoms in total. The van der Waals surface area contributed by atoms with Gasteiger partial charge < -0.3 is 16.3 Å². The van der Waals surface area contributed by atoms with Crippen molar-refractivity contribution in [1.82, 2.24) is 5.32 Å². The van der Waals surface area contributed by atoms with Gasteiger partial charge in [0.25, 0.3) is 0 Å².